The number of hydrogen-bond donors (Lipinski definition) is 2. The van der Waals surface area contributed by atoms with Crippen LogP contribution in [0.3, 0.4) is 0 Å². The Labute approximate surface area is 117 Å². The van der Waals surface area contributed by atoms with Crippen molar-refractivity contribution in [1.29, 1.82) is 0 Å². The summed E-state index contributed by atoms with van der Waals surface area (Å²) in [5, 5.41) is 10.5. The van der Waals surface area contributed by atoms with Crippen LogP contribution < -0.4 is 5.32 Å². The number of aromatic amines is 1. The molecule has 0 saturated heterocycles. The number of carbonyl (C=O) groups is 1. The minimum absolute atomic E-state index is 0.0347. The molecule has 19 heavy (non-hydrogen) atoms. The Morgan fingerprint density at radius 3 is 2.74 bits per heavy atom. The van der Waals surface area contributed by atoms with Crippen molar-refractivity contribution < 1.29 is 4.79 Å². The number of halogens is 1. The van der Waals surface area contributed by atoms with Gasteiger partial charge in [0.05, 0.1) is 17.1 Å². The number of aromatic nitrogens is 2. The molecule has 1 heterocycles. The van der Waals surface area contributed by atoms with Crippen LogP contribution in [-0.4, -0.2) is 16.1 Å². The number of nitrogens with zero attached hydrogens (tertiary/aromatic N) is 1. The monoisotopic (exact) mass is 277 g/mol. The zero-order valence-corrected chi connectivity index (χ0v) is 11.7. The summed E-state index contributed by atoms with van der Waals surface area (Å²) in [7, 11) is 0. The van der Waals surface area contributed by atoms with E-state index in [0.29, 0.717) is 17.9 Å². The van der Waals surface area contributed by atoms with E-state index in [2.05, 4.69) is 15.5 Å². The zero-order valence-electron chi connectivity index (χ0n) is 11.0. The molecular formula is C14H16ClN3O. The average Bonchev–Trinajstić information content (AvgIpc) is 2.70. The van der Waals surface area contributed by atoms with Gasteiger partial charge in [-0.05, 0) is 31.9 Å². The number of benzene rings is 1. The van der Waals surface area contributed by atoms with Gasteiger partial charge in [-0.2, -0.15) is 5.10 Å². The van der Waals surface area contributed by atoms with Gasteiger partial charge < -0.3 is 5.32 Å². The molecule has 2 N–H and O–H groups in total. The molecule has 2 rings (SSSR count). The summed E-state index contributed by atoms with van der Waals surface area (Å²) in [4.78, 5) is 11.9. The first-order valence-corrected chi connectivity index (χ1v) is 6.50. The number of amides is 1. The van der Waals surface area contributed by atoms with E-state index in [4.69, 9.17) is 11.6 Å². The third-order valence-corrected chi connectivity index (χ3v) is 3.34. The van der Waals surface area contributed by atoms with Gasteiger partial charge in [0.1, 0.15) is 0 Å². The SMILES string of the molecule is Cc1n[nH]c(C)c1NC(=O)CCc1ccccc1Cl. The van der Waals surface area contributed by atoms with E-state index in [1.54, 1.807) is 0 Å². The molecule has 1 aromatic heterocycles. The highest BCUT2D eigenvalue weighted by Gasteiger charge is 2.10. The summed E-state index contributed by atoms with van der Waals surface area (Å²) in [6.07, 6.45) is 1.02. The smallest absolute Gasteiger partial charge is 0.224 e. The van der Waals surface area contributed by atoms with Gasteiger partial charge in [0.25, 0.3) is 0 Å². The lowest BCUT2D eigenvalue weighted by molar-refractivity contribution is -0.116. The molecule has 0 aliphatic rings. The first kappa shape index (κ1) is 13.6. The van der Waals surface area contributed by atoms with Crippen molar-refractivity contribution in [2.45, 2.75) is 26.7 Å². The summed E-state index contributed by atoms with van der Waals surface area (Å²) in [6.45, 7) is 3.73. The fourth-order valence-electron chi connectivity index (χ4n) is 1.89. The van der Waals surface area contributed by atoms with Crippen molar-refractivity contribution in [3.8, 4) is 0 Å². The van der Waals surface area contributed by atoms with E-state index in [0.717, 1.165) is 22.6 Å². The molecular weight excluding hydrogens is 262 g/mol. The Balaban J connectivity index is 1.94. The fraction of sp³-hybridized carbons (Fsp3) is 0.286. The maximum Gasteiger partial charge on any atom is 0.224 e. The van der Waals surface area contributed by atoms with Crippen LogP contribution in [0.25, 0.3) is 0 Å². The first-order chi connectivity index (χ1) is 9.08. The van der Waals surface area contributed by atoms with Crippen LogP contribution in [0.2, 0.25) is 5.02 Å². The average molecular weight is 278 g/mol. The number of anilines is 1. The number of nitrogens with one attached hydrogen (secondary N) is 2. The molecule has 0 radical (unpaired) electrons. The van der Waals surface area contributed by atoms with Crippen molar-refractivity contribution in [2.75, 3.05) is 5.32 Å². The Bertz CT molecular complexity index is 573. The molecule has 5 heteroatoms. The van der Waals surface area contributed by atoms with Crippen LogP contribution in [0.15, 0.2) is 24.3 Å². The largest absolute Gasteiger partial charge is 0.323 e. The number of H-pyrrole nitrogens is 1. The van der Waals surface area contributed by atoms with Crippen molar-refractivity contribution in [3.05, 3.63) is 46.2 Å². The van der Waals surface area contributed by atoms with Crippen LogP contribution in [0.4, 0.5) is 5.69 Å². The predicted molar refractivity (Wildman–Crippen MR) is 76.5 cm³/mol. The molecule has 4 nitrogen and oxygen atoms in total. The number of rotatable bonds is 4. The topological polar surface area (TPSA) is 57.8 Å². The zero-order chi connectivity index (χ0) is 13.8. The molecule has 0 aliphatic heterocycles. The van der Waals surface area contributed by atoms with E-state index >= 15 is 0 Å². The standard InChI is InChI=1S/C14H16ClN3O/c1-9-14(10(2)18-17-9)16-13(19)8-7-11-5-3-4-6-12(11)15/h3-6H,7-8H2,1-2H3,(H,16,19)(H,17,18). The van der Waals surface area contributed by atoms with Crippen molar-refractivity contribution in [1.82, 2.24) is 10.2 Å². The molecule has 1 aromatic carbocycles. The Morgan fingerprint density at radius 2 is 2.11 bits per heavy atom. The van der Waals surface area contributed by atoms with Crippen LogP contribution >= 0.6 is 11.6 Å². The molecule has 1 amide bonds. The summed E-state index contributed by atoms with van der Waals surface area (Å²) in [6, 6.07) is 7.57. The van der Waals surface area contributed by atoms with Crippen molar-refractivity contribution >= 4 is 23.2 Å². The quantitative estimate of drug-likeness (QED) is 0.901. The maximum absolute atomic E-state index is 11.9. The lowest BCUT2D eigenvalue weighted by Crippen LogP contribution is -2.13. The van der Waals surface area contributed by atoms with Gasteiger partial charge in [0.15, 0.2) is 0 Å². The van der Waals surface area contributed by atoms with Gasteiger partial charge >= 0.3 is 0 Å². The van der Waals surface area contributed by atoms with Gasteiger partial charge in [-0.15, -0.1) is 0 Å². The van der Waals surface area contributed by atoms with Crippen LogP contribution in [0, 0.1) is 13.8 Å². The molecule has 0 spiro atoms. The highest BCUT2D eigenvalue weighted by atomic mass is 35.5. The van der Waals surface area contributed by atoms with E-state index in [1.165, 1.54) is 0 Å². The molecule has 100 valence electrons. The molecule has 0 aliphatic carbocycles. The number of carbonyl (C=O) groups excluding carboxylic acids is 1. The van der Waals surface area contributed by atoms with Gasteiger partial charge in [-0.25, -0.2) is 0 Å². The van der Waals surface area contributed by atoms with Gasteiger partial charge in [0, 0.05) is 11.4 Å². The lowest BCUT2D eigenvalue weighted by Gasteiger charge is -2.06. The molecule has 0 saturated carbocycles. The molecule has 0 atom stereocenters. The molecule has 0 bridgehead atoms. The molecule has 0 unspecified atom stereocenters. The minimum Gasteiger partial charge on any atom is -0.323 e. The number of aryl methyl sites for hydroxylation is 3. The normalized spacial score (nSPS) is 10.5. The Kier molecular flexibility index (Phi) is 4.22. The summed E-state index contributed by atoms with van der Waals surface area (Å²) in [5.74, 6) is -0.0347. The highest BCUT2D eigenvalue weighted by Crippen LogP contribution is 2.19. The second-order valence-electron chi connectivity index (χ2n) is 4.45. The van der Waals surface area contributed by atoms with Gasteiger partial charge in [-0.3, -0.25) is 9.89 Å². The van der Waals surface area contributed by atoms with Crippen molar-refractivity contribution in [2.24, 2.45) is 0 Å². The van der Waals surface area contributed by atoms with Crippen LogP contribution in [0.5, 0.6) is 0 Å². The minimum atomic E-state index is -0.0347. The Hall–Kier alpha value is -1.81. The summed E-state index contributed by atoms with van der Waals surface area (Å²) < 4.78 is 0. The first-order valence-electron chi connectivity index (χ1n) is 6.12. The second kappa shape index (κ2) is 5.89. The summed E-state index contributed by atoms with van der Waals surface area (Å²) in [5.41, 5.74) is 3.41. The second-order valence-corrected chi connectivity index (χ2v) is 4.86. The van der Waals surface area contributed by atoms with Crippen molar-refractivity contribution in [3.63, 3.8) is 0 Å². The van der Waals surface area contributed by atoms with Crippen LogP contribution in [0.1, 0.15) is 23.4 Å². The fourth-order valence-corrected chi connectivity index (χ4v) is 2.12. The highest BCUT2D eigenvalue weighted by molar-refractivity contribution is 6.31. The molecule has 2 aromatic rings. The maximum atomic E-state index is 11.9. The third-order valence-electron chi connectivity index (χ3n) is 2.97. The lowest BCUT2D eigenvalue weighted by atomic mass is 10.1. The van der Waals surface area contributed by atoms with Gasteiger partial charge in [-0.1, -0.05) is 29.8 Å². The summed E-state index contributed by atoms with van der Waals surface area (Å²) >= 11 is 6.05. The number of hydrogen-bond acceptors (Lipinski definition) is 2. The predicted octanol–water partition coefficient (Wildman–Crippen LogP) is 3.25. The van der Waals surface area contributed by atoms with Crippen LogP contribution in [-0.2, 0) is 11.2 Å². The van der Waals surface area contributed by atoms with E-state index in [9.17, 15) is 4.79 Å². The Morgan fingerprint density at radius 1 is 1.37 bits per heavy atom. The van der Waals surface area contributed by atoms with E-state index in [-0.39, 0.29) is 5.91 Å². The molecule has 0 fully saturated rings. The van der Waals surface area contributed by atoms with E-state index in [1.807, 2.05) is 38.1 Å². The third kappa shape index (κ3) is 3.35. The van der Waals surface area contributed by atoms with Gasteiger partial charge in [0.2, 0.25) is 5.91 Å². The van der Waals surface area contributed by atoms with E-state index < -0.39 is 0 Å².